The van der Waals surface area contributed by atoms with Gasteiger partial charge in [-0.3, -0.25) is 30.2 Å². The number of nitrogens with one attached hydrogen (secondary N) is 3. The summed E-state index contributed by atoms with van der Waals surface area (Å²) in [5.41, 5.74) is 4.53. The zero-order valence-electron chi connectivity index (χ0n) is 15.5. The van der Waals surface area contributed by atoms with Crippen LogP contribution in [0, 0.1) is 0 Å². The summed E-state index contributed by atoms with van der Waals surface area (Å²) >= 11 is 12.4. The first-order valence-corrected chi connectivity index (χ1v) is 9.32. The van der Waals surface area contributed by atoms with Crippen molar-refractivity contribution in [2.45, 2.75) is 12.8 Å². The Morgan fingerprint density at radius 2 is 1.77 bits per heavy atom. The second-order valence-corrected chi connectivity index (χ2v) is 7.06. The van der Waals surface area contributed by atoms with Crippen LogP contribution in [0.3, 0.4) is 0 Å². The zero-order valence-corrected chi connectivity index (χ0v) is 17.0. The largest absolute Gasteiger partial charge is 0.349 e. The molecule has 0 bridgehead atoms. The number of H-pyrrole nitrogens is 1. The Morgan fingerprint density at radius 3 is 2.37 bits per heavy atom. The minimum atomic E-state index is -0.879. The molecule has 154 valence electrons. The molecule has 30 heavy (non-hydrogen) atoms. The van der Waals surface area contributed by atoms with Crippen LogP contribution in [0.15, 0.2) is 58.3 Å². The molecule has 0 saturated heterocycles. The highest BCUT2D eigenvalue weighted by Crippen LogP contribution is 2.32. The van der Waals surface area contributed by atoms with Crippen LogP contribution in [0.1, 0.15) is 24.0 Å². The van der Waals surface area contributed by atoms with Crippen LogP contribution in [-0.4, -0.2) is 26.6 Å². The third kappa shape index (κ3) is 4.76. The zero-order chi connectivity index (χ0) is 21.8. The number of hydrazine groups is 1. The number of aromatic nitrogens is 3. The van der Waals surface area contributed by atoms with Gasteiger partial charge in [0.25, 0.3) is 5.56 Å². The number of hydrogen-bond donors (Lipinski definition) is 3. The van der Waals surface area contributed by atoms with Gasteiger partial charge in [0.1, 0.15) is 6.20 Å². The molecule has 0 fully saturated rings. The fraction of sp³-hybridized carbons (Fsp3) is 0.105. The molecule has 9 nitrogen and oxygen atoms in total. The van der Waals surface area contributed by atoms with E-state index in [0.717, 1.165) is 10.9 Å². The maximum absolute atomic E-state index is 12.8. The van der Waals surface area contributed by atoms with Gasteiger partial charge in [-0.25, -0.2) is 4.79 Å². The van der Waals surface area contributed by atoms with E-state index < -0.39 is 29.0 Å². The number of halogens is 2. The highest BCUT2D eigenvalue weighted by Gasteiger charge is 2.25. The molecular weight excluding hydrogens is 433 g/mol. The van der Waals surface area contributed by atoms with Gasteiger partial charge in [-0.15, -0.1) is 0 Å². The van der Waals surface area contributed by atoms with Crippen molar-refractivity contribution in [3.63, 3.8) is 0 Å². The van der Waals surface area contributed by atoms with Crippen molar-refractivity contribution in [1.29, 1.82) is 0 Å². The van der Waals surface area contributed by atoms with Crippen molar-refractivity contribution in [2.75, 3.05) is 0 Å². The minimum Gasteiger partial charge on any atom is -0.274 e. The van der Waals surface area contributed by atoms with E-state index in [1.54, 1.807) is 30.3 Å². The number of amides is 2. The topological polar surface area (TPSA) is 126 Å². The summed E-state index contributed by atoms with van der Waals surface area (Å²) in [5, 5.41) is 4.44. The van der Waals surface area contributed by atoms with Gasteiger partial charge < -0.3 is 0 Å². The molecule has 0 aliphatic rings. The molecule has 2 aromatic carbocycles. The van der Waals surface area contributed by atoms with Crippen molar-refractivity contribution >= 4 is 35.0 Å². The summed E-state index contributed by atoms with van der Waals surface area (Å²) in [7, 11) is 0. The van der Waals surface area contributed by atoms with E-state index in [9.17, 15) is 19.2 Å². The van der Waals surface area contributed by atoms with Crippen LogP contribution >= 0.6 is 23.2 Å². The fourth-order valence-corrected chi connectivity index (χ4v) is 3.18. The first kappa shape index (κ1) is 21.3. The van der Waals surface area contributed by atoms with Gasteiger partial charge in [0.15, 0.2) is 0 Å². The first-order valence-electron chi connectivity index (χ1n) is 8.56. The molecule has 1 heterocycles. The van der Waals surface area contributed by atoms with Crippen molar-refractivity contribution in [1.82, 2.24) is 25.6 Å². The SMILES string of the molecule is CC(=O)NNC(=O)C(c1ccc(Cl)cc1)c1ccc(-n2ncc(=O)[nH]c2=O)cc1Cl. The Hall–Kier alpha value is -3.43. The molecule has 0 spiro atoms. The number of aromatic amines is 1. The molecule has 2 amide bonds. The molecule has 0 radical (unpaired) electrons. The lowest BCUT2D eigenvalue weighted by Gasteiger charge is -2.19. The van der Waals surface area contributed by atoms with Crippen molar-refractivity contribution in [3.05, 3.63) is 90.7 Å². The molecule has 0 aliphatic heterocycles. The Labute approximate surface area is 179 Å². The van der Waals surface area contributed by atoms with Crippen LogP contribution in [-0.2, 0) is 9.59 Å². The monoisotopic (exact) mass is 447 g/mol. The van der Waals surface area contributed by atoms with Gasteiger partial charge in [-0.1, -0.05) is 41.4 Å². The molecule has 1 unspecified atom stereocenters. The molecule has 3 N–H and O–H groups in total. The Balaban J connectivity index is 2.05. The quantitative estimate of drug-likeness (QED) is 0.522. The lowest BCUT2D eigenvalue weighted by Crippen LogP contribution is -2.43. The van der Waals surface area contributed by atoms with E-state index in [0.29, 0.717) is 21.8 Å². The maximum Gasteiger partial charge on any atom is 0.349 e. The molecule has 1 atom stereocenters. The number of carbonyl (C=O) groups is 2. The predicted octanol–water partition coefficient (Wildman–Crippen LogP) is 1.53. The predicted molar refractivity (Wildman–Crippen MR) is 111 cm³/mol. The second kappa shape index (κ2) is 8.93. The highest BCUT2D eigenvalue weighted by atomic mass is 35.5. The van der Waals surface area contributed by atoms with E-state index in [2.05, 4.69) is 20.9 Å². The second-order valence-electron chi connectivity index (χ2n) is 6.21. The molecule has 0 aliphatic carbocycles. The lowest BCUT2D eigenvalue weighted by atomic mass is 9.90. The summed E-state index contributed by atoms with van der Waals surface area (Å²) in [6.45, 7) is 1.26. The highest BCUT2D eigenvalue weighted by molar-refractivity contribution is 6.32. The number of nitrogens with zero attached hydrogens (tertiary/aromatic N) is 2. The molecule has 11 heteroatoms. The summed E-state index contributed by atoms with van der Waals surface area (Å²) in [6, 6.07) is 11.1. The van der Waals surface area contributed by atoms with Gasteiger partial charge in [0.2, 0.25) is 11.8 Å². The van der Waals surface area contributed by atoms with Gasteiger partial charge in [-0.2, -0.15) is 9.78 Å². The average Bonchev–Trinajstić information content (AvgIpc) is 2.69. The molecule has 0 saturated carbocycles. The Morgan fingerprint density at radius 1 is 1.07 bits per heavy atom. The van der Waals surface area contributed by atoms with Crippen LogP contribution in [0.25, 0.3) is 5.69 Å². The smallest absolute Gasteiger partial charge is 0.274 e. The van der Waals surface area contributed by atoms with E-state index >= 15 is 0 Å². The summed E-state index contributed by atoms with van der Waals surface area (Å²) in [4.78, 5) is 49.3. The van der Waals surface area contributed by atoms with Gasteiger partial charge in [0.05, 0.1) is 11.6 Å². The summed E-state index contributed by atoms with van der Waals surface area (Å²) in [5.74, 6) is -1.85. The Kier molecular flexibility index (Phi) is 6.34. The number of hydrogen-bond acceptors (Lipinski definition) is 5. The third-order valence-corrected chi connectivity index (χ3v) is 4.66. The van der Waals surface area contributed by atoms with E-state index in [1.807, 2.05) is 0 Å². The van der Waals surface area contributed by atoms with Crippen molar-refractivity contribution in [3.8, 4) is 5.69 Å². The van der Waals surface area contributed by atoms with Crippen LogP contribution in [0.5, 0.6) is 0 Å². The van der Waals surface area contributed by atoms with Crippen LogP contribution < -0.4 is 22.1 Å². The summed E-state index contributed by atoms with van der Waals surface area (Å²) in [6.07, 6.45) is 0.959. The average molecular weight is 448 g/mol. The number of benzene rings is 2. The maximum atomic E-state index is 12.8. The van der Waals surface area contributed by atoms with Gasteiger partial charge in [-0.05, 0) is 35.4 Å². The number of carbonyl (C=O) groups excluding carboxylic acids is 2. The molecule has 3 rings (SSSR count). The third-order valence-electron chi connectivity index (χ3n) is 4.08. The summed E-state index contributed by atoms with van der Waals surface area (Å²) < 4.78 is 0.964. The van der Waals surface area contributed by atoms with E-state index in [4.69, 9.17) is 23.2 Å². The van der Waals surface area contributed by atoms with Crippen molar-refractivity contribution in [2.24, 2.45) is 0 Å². The fourth-order valence-electron chi connectivity index (χ4n) is 2.77. The van der Waals surface area contributed by atoms with Crippen LogP contribution in [0.2, 0.25) is 10.0 Å². The van der Waals surface area contributed by atoms with E-state index in [-0.39, 0.29) is 5.02 Å². The Bertz CT molecular complexity index is 1220. The minimum absolute atomic E-state index is 0.172. The number of rotatable bonds is 4. The molecule has 3 aromatic rings. The van der Waals surface area contributed by atoms with Crippen molar-refractivity contribution < 1.29 is 9.59 Å². The van der Waals surface area contributed by atoms with Crippen LogP contribution in [0.4, 0.5) is 0 Å². The molecular formula is C19H15Cl2N5O4. The first-order chi connectivity index (χ1) is 14.3. The lowest BCUT2D eigenvalue weighted by molar-refractivity contribution is -0.128. The molecule has 1 aromatic heterocycles. The van der Waals surface area contributed by atoms with Gasteiger partial charge in [0, 0.05) is 17.0 Å². The standard InChI is InChI=1S/C19H15Cl2N5O4/c1-10(27)24-25-18(29)17(11-2-4-12(20)5-3-11)14-7-6-13(8-15(14)21)26-19(30)23-16(28)9-22-26/h2-9,17H,1H3,(H,24,27)(H,25,29)(H,23,28,30). The van der Waals surface area contributed by atoms with Gasteiger partial charge >= 0.3 is 5.69 Å². The normalized spacial score (nSPS) is 11.6. The van der Waals surface area contributed by atoms with E-state index in [1.165, 1.54) is 19.1 Å².